The standard InChI is InChI=1S/C17H17BrO5/c1-16-13(18)12-11-6-4-3-5-9(11)7-10(23-16)8-17(16,14(19)21-2)15(20)22-12/h3-6,10,12-13H,7-8H2,1-2H3/t10-,12-,13+,16+,17+/m1/s1. The van der Waals surface area contributed by atoms with Crippen molar-refractivity contribution < 1.29 is 23.8 Å². The van der Waals surface area contributed by atoms with Crippen molar-refractivity contribution >= 4 is 27.9 Å². The van der Waals surface area contributed by atoms with Gasteiger partial charge in [0.15, 0.2) is 5.41 Å². The van der Waals surface area contributed by atoms with Crippen LogP contribution in [-0.4, -0.2) is 35.6 Å². The molecule has 0 N–H and O–H groups in total. The second kappa shape index (κ2) is 4.80. The van der Waals surface area contributed by atoms with E-state index < -0.39 is 29.1 Å². The lowest BCUT2D eigenvalue weighted by Gasteiger charge is -2.48. The smallest absolute Gasteiger partial charge is 0.327 e. The fourth-order valence-electron chi connectivity index (χ4n) is 4.30. The number of halogens is 1. The molecule has 3 aliphatic heterocycles. The number of methoxy groups -OCH3 is 1. The van der Waals surface area contributed by atoms with Crippen LogP contribution in [0.25, 0.3) is 0 Å². The highest BCUT2D eigenvalue weighted by Crippen LogP contribution is 2.60. The van der Waals surface area contributed by atoms with Gasteiger partial charge in [-0.15, -0.1) is 0 Å². The molecule has 1 aromatic rings. The number of benzene rings is 1. The van der Waals surface area contributed by atoms with Crippen LogP contribution >= 0.6 is 15.9 Å². The van der Waals surface area contributed by atoms with Crippen LogP contribution in [0.3, 0.4) is 0 Å². The van der Waals surface area contributed by atoms with E-state index in [2.05, 4.69) is 15.9 Å². The molecule has 122 valence electrons. The molecule has 3 heterocycles. The Balaban J connectivity index is 1.95. The molecule has 0 radical (unpaired) electrons. The summed E-state index contributed by atoms with van der Waals surface area (Å²) in [6, 6.07) is 7.88. The molecule has 5 atom stereocenters. The van der Waals surface area contributed by atoms with Gasteiger partial charge >= 0.3 is 11.9 Å². The van der Waals surface area contributed by atoms with Crippen molar-refractivity contribution in [2.75, 3.05) is 7.11 Å². The van der Waals surface area contributed by atoms with Gasteiger partial charge in [-0.2, -0.15) is 0 Å². The molecule has 1 aromatic carbocycles. The third-order valence-corrected chi connectivity index (χ3v) is 6.86. The number of esters is 2. The monoisotopic (exact) mass is 380 g/mol. The third kappa shape index (κ3) is 1.71. The molecule has 0 unspecified atom stereocenters. The lowest BCUT2D eigenvalue weighted by molar-refractivity contribution is -0.205. The summed E-state index contributed by atoms with van der Waals surface area (Å²) in [7, 11) is 1.29. The summed E-state index contributed by atoms with van der Waals surface area (Å²) in [5, 5.41) is 0. The van der Waals surface area contributed by atoms with Gasteiger partial charge in [-0.1, -0.05) is 40.2 Å². The first kappa shape index (κ1) is 15.1. The van der Waals surface area contributed by atoms with Gasteiger partial charge in [-0.25, -0.2) is 0 Å². The summed E-state index contributed by atoms with van der Waals surface area (Å²) in [6.07, 6.45) is 0.211. The molecule has 0 aliphatic carbocycles. The Bertz CT molecular complexity index is 704. The molecule has 0 spiro atoms. The van der Waals surface area contributed by atoms with Gasteiger partial charge in [0.1, 0.15) is 11.7 Å². The van der Waals surface area contributed by atoms with Gasteiger partial charge in [-0.3, -0.25) is 9.59 Å². The van der Waals surface area contributed by atoms with Crippen molar-refractivity contribution in [1.82, 2.24) is 0 Å². The van der Waals surface area contributed by atoms with Crippen LogP contribution in [0.2, 0.25) is 0 Å². The Kier molecular flexibility index (Phi) is 3.16. The van der Waals surface area contributed by atoms with E-state index in [0.29, 0.717) is 6.42 Å². The van der Waals surface area contributed by atoms with E-state index >= 15 is 0 Å². The SMILES string of the molecule is COC(=O)[C@@]12C[C@H]3Cc4ccccc4[C@@H](OC1=O)[C@H](Br)[C@]2(C)O3. The largest absolute Gasteiger partial charge is 0.468 e. The van der Waals surface area contributed by atoms with E-state index in [1.165, 1.54) is 7.11 Å². The van der Waals surface area contributed by atoms with E-state index in [1.807, 2.05) is 31.2 Å². The number of alkyl halides is 1. The highest BCUT2D eigenvalue weighted by molar-refractivity contribution is 9.09. The molecule has 6 heteroatoms. The van der Waals surface area contributed by atoms with Crippen molar-refractivity contribution in [3.8, 4) is 0 Å². The minimum absolute atomic E-state index is 0.230. The molecule has 0 saturated carbocycles. The number of ether oxygens (including phenoxy) is 3. The van der Waals surface area contributed by atoms with Crippen molar-refractivity contribution in [2.45, 2.75) is 42.4 Å². The second-order valence-electron chi connectivity index (χ2n) is 6.58. The zero-order valence-corrected chi connectivity index (χ0v) is 14.5. The molecule has 4 rings (SSSR count). The van der Waals surface area contributed by atoms with E-state index in [1.54, 1.807) is 0 Å². The predicted molar refractivity (Wildman–Crippen MR) is 84.0 cm³/mol. The summed E-state index contributed by atoms with van der Waals surface area (Å²) in [5.41, 5.74) is -0.357. The number of rotatable bonds is 1. The summed E-state index contributed by atoms with van der Waals surface area (Å²) in [6.45, 7) is 1.81. The van der Waals surface area contributed by atoms with Gasteiger partial charge in [0.05, 0.1) is 18.0 Å². The maximum absolute atomic E-state index is 12.9. The Morgan fingerprint density at radius 2 is 2.13 bits per heavy atom. The average Bonchev–Trinajstić information content (AvgIpc) is 2.88. The second-order valence-corrected chi connectivity index (χ2v) is 7.57. The number of carbonyl (C=O) groups excluding carboxylic acids is 2. The summed E-state index contributed by atoms with van der Waals surface area (Å²) < 4.78 is 16.9. The van der Waals surface area contributed by atoms with Crippen molar-refractivity contribution in [3.05, 3.63) is 35.4 Å². The van der Waals surface area contributed by atoms with E-state index in [-0.39, 0.29) is 17.4 Å². The zero-order chi connectivity index (χ0) is 16.4. The Hall–Kier alpha value is -1.40. The zero-order valence-electron chi connectivity index (χ0n) is 12.9. The lowest BCUT2D eigenvalue weighted by Crippen LogP contribution is -2.64. The average molecular weight is 381 g/mol. The van der Waals surface area contributed by atoms with Crippen LogP contribution in [0.5, 0.6) is 0 Å². The Labute approximate surface area is 142 Å². The van der Waals surface area contributed by atoms with Crippen LogP contribution in [-0.2, 0) is 30.2 Å². The number of hydrogen-bond acceptors (Lipinski definition) is 5. The topological polar surface area (TPSA) is 61.8 Å². The molecule has 3 aliphatic rings. The molecule has 0 aromatic heterocycles. The van der Waals surface area contributed by atoms with Crippen molar-refractivity contribution in [1.29, 1.82) is 0 Å². The van der Waals surface area contributed by atoms with Gasteiger partial charge < -0.3 is 14.2 Å². The van der Waals surface area contributed by atoms with E-state index in [0.717, 1.165) is 11.1 Å². The molecule has 0 amide bonds. The normalized spacial score (nSPS) is 40.8. The van der Waals surface area contributed by atoms with Crippen LogP contribution < -0.4 is 0 Å². The van der Waals surface area contributed by atoms with Crippen molar-refractivity contribution in [3.63, 3.8) is 0 Å². The van der Waals surface area contributed by atoms with Crippen LogP contribution in [0.1, 0.15) is 30.6 Å². The summed E-state index contributed by atoms with van der Waals surface area (Å²) in [5.74, 6) is -1.13. The maximum Gasteiger partial charge on any atom is 0.327 e. The molecule has 23 heavy (non-hydrogen) atoms. The first-order valence-electron chi connectivity index (χ1n) is 7.63. The van der Waals surface area contributed by atoms with Crippen LogP contribution in [0.4, 0.5) is 0 Å². The van der Waals surface area contributed by atoms with E-state index in [4.69, 9.17) is 14.2 Å². The molecule has 5 nitrogen and oxygen atoms in total. The van der Waals surface area contributed by atoms with Gasteiger partial charge in [0.25, 0.3) is 0 Å². The van der Waals surface area contributed by atoms with Gasteiger partial charge in [0.2, 0.25) is 0 Å². The first-order chi connectivity index (χ1) is 10.9. The van der Waals surface area contributed by atoms with Gasteiger partial charge in [-0.05, 0) is 24.5 Å². The van der Waals surface area contributed by atoms with Crippen LogP contribution in [0, 0.1) is 5.41 Å². The molecular formula is C17H17BrO5. The fourth-order valence-corrected chi connectivity index (χ4v) is 5.20. The van der Waals surface area contributed by atoms with Crippen LogP contribution in [0.15, 0.2) is 24.3 Å². The molecular weight excluding hydrogens is 364 g/mol. The van der Waals surface area contributed by atoms with Crippen molar-refractivity contribution in [2.24, 2.45) is 5.41 Å². The highest BCUT2D eigenvalue weighted by Gasteiger charge is 2.74. The summed E-state index contributed by atoms with van der Waals surface area (Å²) >= 11 is 3.66. The quantitative estimate of drug-likeness (QED) is 0.425. The fraction of sp³-hybridized carbons (Fsp3) is 0.529. The number of hydrogen-bond donors (Lipinski definition) is 0. The molecule has 3 bridgehead atoms. The first-order valence-corrected chi connectivity index (χ1v) is 8.55. The van der Waals surface area contributed by atoms with E-state index in [9.17, 15) is 9.59 Å². The predicted octanol–water partition coefficient (Wildman–Crippen LogP) is 2.31. The minimum Gasteiger partial charge on any atom is -0.468 e. The number of fused-ring (bicyclic) bond motifs is 4. The lowest BCUT2D eigenvalue weighted by atomic mass is 9.67. The summed E-state index contributed by atoms with van der Waals surface area (Å²) in [4.78, 5) is 25.1. The number of carbonyl (C=O) groups is 2. The third-order valence-electron chi connectivity index (χ3n) is 5.51. The highest BCUT2D eigenvalue weighted by atomic mass is 79.9. The Morgan fingerprint density at radius 3 is 2.87 bits per heavy atom. The minimum atomic E-state index is -1.42. The molecule has 2 fully saturated rings. The van der Waals surface area contributed by atoms with Gasteiger partial charge in [0, 0.05) is 6.42 Å². The maximum atomic E-state index is 12.9. The Morgan fingerprint density at radius 1 is 1.39 bits per heavy atom. The molecule has 2 saturated heterocycles.